The van der Waals surface area contributed by atoms with Crippen LogP contribution in [0.15, 0.2) is 54.7 Å². The van der Waals surface area contributed by atoms with E-state index in [9.17, 15) is 9.90 Å². The first-order valence-corrected chi connectivity index (χ1v) is 11.4. The summed E-state index contributed by atoms with van der Waals surface area (Å²) in [6.07, 6.45) is 5.34. The number of amides is 1. The maximum Gasteiger partial charge on any atom is 0.251 e. The fourth-order valence-electron chi connectivity index (χ4n) is 4.48. The summed E-state index contributed by atoms with van der Waals surface area (Å²) in [5.74, 6) is 1.00. The molecule has 1 saturated carbocycles. The van der Waals surface area contributed by atoms with Gasteiger partial charge in [-0.3, -0.25) is 4.79 Å². The van der Waals surface area contributed by atoms with Gasteiger partial charge in [-0.2, -0.15) is 0 Å². The second kappa shape index (κ2) is 9.15. The number of ether oxygens (including phenoxy) is 1. The van der Waals surface area contributed by atoms with Crippen LogP contribution in [0.4, 0.5) is 0 Å². The highest BCUT2D eigenvalue weighted by molar-refractivity contribution is 5.98. The zero-order chi connectivity index (χ0) is 23.7. The highest BCUT2D eigenvalue weighted by Crippen LogP contribution is 2.35. The zero-order valence-corrected chi connectivity index (χ0v) is 18.9. The molecule has 0 saturated heterocycles. The van der Waals surface area contributed by atoms with Gasteiger partial charge in [-0.15, -0.1) is 0 Å². The van der Waals surface area contributed by atoms with E-state index in [1.54, 1.807) is 31.5 Å². The average Bonchev–Trinajstić information content (AvgIpc) is 3.29. The van der Waals surface area contributed by atoms with Gasteiger partial charge in [-0.25, -0.2) is 9.97 Å². The first-order chi connectivity index (χ1) is 16.5. The number of imidazole rings is 1. The predicted octanol–water partition coefficient (Wildman–Crippen LogP) is 4.01. The van der Waals surface area contributed by atoms with Gasteiger partial charge in [-0.05, 0) is 73.7 Å². The number of aromatic hydroxyl groups is 1. The Hall–Kier alpha value is -3.91. The lowest BCUT2D eigenvalue weighted by atomic mass is 9.91. The van der Waals surface area contributed by atoms with E-state index < -0.39 is 0 Å². The van der Waals surface area contributed by atoms with Crippen molar-refractivity contribution < 1.29 is 14.6 Å². The van der Waals surface area contributed by atoms with Crippen LogP contribution in [-0.4, -0.2) is 45.2 Å². The van der Waals surface area contributed by atoms with E-state index in [0.29, 0.717) is 28.3 Å². The molecule has 0 unspecified atom stereocenters. The first kappa shape index (κ1) is 21.9. The zero-order valence-electron chi connectivity index (χ0n) is 18.9. The highest BCUT2D eigenvalue weighted by Gasteiger charge is 2.21. The van der Waals surface area contributed by atoms with E-state index in [0.717, 1.165) is 42.3 Å². The number of hydrogen-bond donors (Lipinski definition) is 4. The summed E-state index contributed by atoms with van der Waals surface area (Å²) in [6, 6.07) is 14.8. The molecule has 34 heavy (non-hydrogen) atoms. The fraction of sp³-hybridized carbons (Fsp3) is 0.269. The molecule has 8 nitrogen and oxygen atoms in total. The van der Waals surface area contributed by atoms with Crippen LogP contribution in [0.3, 0.4) is 0 Å². The highest BCUT2D eigenvalue weighted by atomic mass is 16.5. The van der Waals surface area contributed by atoms with Crippen LogP contribution in [0.5, 0.6) is 11.6 Å². The molecular formula is C26H27N5O3. The van der Waals surface area contributed by atoms with E-state index >= 15 is 0 Å². The normalized spacial score (nSPS) is 18.1. The van der Waals surface area contributed by atoms with Crippen molar-refractivity contribution in [1.82, 2.24) is 20.3 Å². The summed E-state index contributed by atoms with van der Waals surface area (Å²) < 4.78 is 5.38. The number of pyridine rings is 1. The smallest absolute Gasteiger partial charge is 0.251 e. The number of aromatic nitrogens is 3. The van der Waals surface area contributed by atoms with E-state index in [1.807, 2.05) is 30.3 Å². The van der Waals surface area contributed by atoms with Crippen LogP contribution in [0, 0.1) is 0 Å². The number of phenols is 1. The number of benzene rings is 2. The van der Waals surface area contributed by atoms with Gasteiger partial charge in [0.2, 0.25) is 5.88 Å². The number of carbonyl (C=O) groups excluding carboxylic acids is 1. The van der Waals surface area contributed by atoms with Crippen LogP contribution >= 0.6 is 0 Å². The summed E-state index contributed by atoms with van der Waals surface area (Å²) in [5.41, 5.74) is 10.2. The number of nitrogens with two attached hydrogens (primary N) is 1. The molecule has 2 aromatic carbocycles. The topological polar surface area (TPSA) is 126 Å². The minimum absolute atomic E-state index is 0.0964. The molecule has 0 bridgehead atoms. The van der Waals surface area contributed by atoms with Crippen molar-refractivity contribution >= 4 is 16.9 Å². The maximum absolute atomic E-state index is 12.8. The Morgan fingerprint density at radius 2 is 1.94 bits per heavy atom. The second-order valence-electron chi connectivity index (χ2n) is 8.69. The molecule has 0 radical (unpaired) electrons. The van der Waals surface area contributed by atoms with Crippen LogP contribution in [0.2, 0.25) is 0 Å². The molecule has 0 aliphatic heterocycles. The Kier molecular flexibility index (Phi) is 5.90. The van der Waals surface area contributed by atoms with Crippen LogP contribution in [0.1, 0.15) is 36.0 Å². The molecule has 0 atom stereocenters. The monoisotopic (exact) mass is 457 g/mol. The number of nitrogens with zero attached hydrogens (tertiary/aromatic N) is 2. The lowest BCUT2D eigenvalue weighted by Crippen LogP contribution is -2.40. The van der Waals surface area contributed by atoms with Crippen LogP contribution < -0.4 is 15.8 Å². The van der Waals surface area contributed by atoms with Crippen molar-refractivity contribution in [3.63, 3.8) is 0 Å². The Balaban J connectivity index is 1.43. The summed E-state index contributed by atoms with van der Waals surface area (Å²) >= 11 is 0. The van der Waals surface area contributed by atoms with Gasteiger partial charge >= 0.3 is 0 Å². The minimum Gasteiger partial charge on any atom is -0.507 e. The van der Waals surface area contributed by atoms with Crippen molar-refractivity contribution in [2.75, 3.05) is 7.11 Å². The predicted molar refractivity (Wildman–Crippen MR) is 131 cm³/mol. The van der Waals surface area contributed by atoms with Crippen LogP contribution in [0.25, 0.3) is 33.5 Å². The molecule has 174 valence electrons. The largest absolute Gasteiger partial charge is 0.507 e. The summed E-state index contributed by atoms with van der Waals surface area (Å²) in [6.45, 7) is 0. The fourth-order valence-corrected chi connectivity index (χ4v) is 4.48. The van der Waals surface area contributed by atoms with Gasteiger partial charge < -0.3 is 25.9 Å². The number of hydrogen-bond acceptors (Lipinski definition) is 6. The number of fused-ring (bicyclic) bond motifs is 1. The first-order valence-electron chi connectivity index (χ1n) is 11.4. The third-order valence-electron chi connectivity index (χ3n) is 6.38. The van der Waals surface area contributed by atoms with Crippen molar-refractivity contribution in [3.05, 3.63) is 60.3 Å². The SMILES string of the molecule is COc1ncccc1-c1ccc(O)c(-c2nc3ccc(C(=O)N[C@H]4CC[C@H](N)CC4)cc3[nH]2)c1. The molecule has 5 N–H and O–H groups in total. The van der Waals surface area contributed by atoms with Crippen molar-refractivity contribution in [3.8, 4) is 34.1 Å². The van der Waals surface area contributed by atoms with Gasteiger partial charge in [0, 0.05) is 29.4 Å². The summed E-state index contributed by atoms with van der Waals surface area (Å²) in [4.78, 5) is 24.9. The third-order valence-corrected chi connectivity index (χ3v) is 6.38. The number of methoxy groups -OCH3 is 1. The third kappa shape index (κ3) is 4.32. The van der Waals surface area contributed by atoms with Crippen molar-refractivity contribution in [1.29, 1.82) is 0 Å². The Labute approximate surface area is 197 Å². The van der Waals surface area contributed by atoms with E-state index in [4.69, 9.17) is 10.5 Å². The Morgan fingerprint density at radius 3 is 2.74 bits per heavy atom. The molecule has 0 spiro atoms. The molecule has 1 amide bonds. The van der Waals surface area contributed by atoms with E-state index in [-0.39, 0.29) is 23.7 Å². The van der Waals surface area contributed by atoms with Gasteiger partial charge in [0.25, 0.3) is 5.91 Å². The molecule has 1 fully saturated rings. The molecule has 8 heteroatoms. The maximum atomic E-state index is 12.8. The lowest BCUT2D eigenvalue weighted by Gasteiger charge is -2.26. The molecule has 1 aliphatic carbocycles. The number of H-pyrrole nitrogens is 1. The molecule has 4 aromatic rings. The summed E-state index contributed by atoms with van der Waals surface area (Å²) in [5, 5.41) is 13.7. The molecular weight excluding hydrogens is 430 g/mol. The van der Waals surface area contributed by atoms with Crippen LogP contribution in [-0.2, 0) is 0 Å². The van der Waals surface area contributed by atoms with Gasteiger partial charge in [0.1, 0.15) is 11.6 Å². The molecule has 2 heterocycles. The van der Waals surface area contributed by atoms with Gasteiger partial charge in [0.15, 0.2) is 0 Å². The van der Waals surface area contributed by atoms with Crippen molar-refractivity contribution in [2.45, 2.75) is 37.8 Å². The number of carbonyl (C=O) groups is 1. The Bertz CT molecular complexity index is 1340. The molecule has 1 aliphatic rings. The summed E-state index contributed by atoms with van der Waals surface area (Å²) in [7, 11) is 1.57. The van der Waals surface area contributed by atoms with E-state index in [2.05, 4.69) is 20.3 Å². The quantitative estimate of drug-likeness (QED) is 0.359. The Morgan fingerprint density at radius 1 is 1.12 bits per heavy atom. The van der Waals surface area contributed by atoms with Crippen molar-refractivity contribution in [2.24, 2.45) is 5.73 Å². The molecule has 5 rings (SSSR count). The molecule has 2 aromatic heterocycles. The number of nitrogens with one attached hydrogen (secondary N) is 2. The second-order valence-corrected chi connectivity index (χ2v) is 8.69. The van der Waals surface area contributed by atoms with Gasteiger partial charge in [-0.1, -0.05) is 6.07 Å². The average molecular weight is 458 g/mol. The van der Waals surface area contributed by atoms with E-state index in [1.165, 1.54) is 0 Å². The standard InChI is InChI=1S/C26H27N5O3/c1-34-26-19(3-2-12-28-26)15-5-11-23(32)20(13-15)24-30-21-10-4-16(14-22(21)31-24)25(33)29-18-8-6-17(27)7-9-18/h2-5,10-14,17-18,32H,6-9,27H2,1H3,(H,29,33)(H,30,31)/t17-,18-. The number of phenolic OH excluding ortho intramolecular Hbond substituents is 1. The number of aromatic amines is 1. The number of rotatable bonds is 5. The lowest BCUT2D eigenvalue weighted by molar-refractivity contribution is 0.0926. The van der Waals surface area contributed by atoms with Gasteiger partial charge in [0.05, 0.1) is 23.7 Å². The minimum atomic E-state index is -0.105.